The Kier molecular flexibility index (Phi) is 4.74. The third-order valence-corrected chi connectivity index (χ3v) is 5.12. The molecule has 4 heterocycles. The van der Waals surface area contributed by atoms with Crippen LogP contribution in [-0.2, 0) is 20.1 Å². The highest BCUT2D eigenvalue weighted by Gasteiger charge is 2.29. The lowest BCUT2D eigenvalue weighted by Gasteiger charge is -2.31. The van der Waals surface area contributed by atoms with Gasteiger partial charge in [0.05, 0.1) is 0 Å². The molecular weight excluding hydrogens is 344 g/mol. The van der Waals surface area contributed by atoms with Gasteiger partial charge < -0.3 is 9.47 Å². The average Bonchev–Trinajstić information content (AvgIpc) is 3.44. The molecule has 3 aromatic heterocycles. The second-order valence-electron chi connectivity index (χ2n) is 6.88. The number of piperidine rings is 1. The maximum Gasteiger partial charge on any atom is 0.274 e. The summed E-state index contributed by atoms with van der Waals surface area (Å²) in [6, 6.07) is 3.68. The topological polar surface area (TPSA) is 86.7 Å². The molecule has 1 saturated heterocycles. The molecule has 0 aliphatic carbocycles. The summed E-state index contributed by atoms with van der Waals surface area (Å²) in [6.07, 6.45) is 7.46. The first-order chi connectivity index (χ1) is 13.2. The van der Waals surface area contributed by atoms with Crippen LogP contribution in [0.5, 0.6) is 0 Å². The van der Waals surface area contributed by atoms with E-state index in [2.05, 4.69) is 20.4 Å². The summed E-state index contributed by atoms with van der Waals surface area (Å²) >= 11 is 0. The number of nitrogens with zero attached hydrogens (tertiary/aromatic N) is 8. The van der Waals surface area contributed by atoms with Crippen LogP contribution in [0.15, 0.2) is 30.7 Å². The molecule has 27 heavy (non-hydrogen) atoms. The molecule has 0 radical (unpaired) electrons. The van der Waals surface area contributed by atoms with Crippen molar-refractivity contribution in [1.82, 2.24) is 39.2 Å². The first-order valence-corrected chi connectivity index (χ1v) is 9.34. The van der Waals surface area contributed by atoms with Gasteiger partial charge in [-0.2, -0.15) is 10.2 Å². The second kappa shape index (κ2) is 7.34. The smallest absolute Gasteiger partial charge is 0.274 e. The number of rotatable bonds is 5. The molecule has 1 aliphatic heterocycles. The molecular formula is C18H24N8O. The summed E-state index contributed by atoms with van der Waals surface area (Å²) in [5.74, 6) is 1.96. The number of aromatic nitrogens is 7. The van der Waals surface area contributed by atoms with Crippen molar-refractivity contribution in [3.05, 3.63) is 48.1 Å². The molecule has 1 atom stereocenters. The zero-order chi connectivity index (χ0) is 18.8. The number of likely N-dealkylation sites (tertiary alicyclic amines) is 1. The van der Waals surface area contributed by atoms with Crippen molar-refractivity contribution in [1.29, 1.82) is 0 Å². The monoisotopic (exact) mass is 368 g/mol. The highest BCUT2D eigenvalue weighted by atomic mass is 16.2. The molecule has 4 rings (SSSR count). The quantitative estimate of drug-likeness (QED) is 0.677. The van der Waals surface area contributed by atoms with E-state index in [4.69, 9.17) is 0 Å². The molecule has 0 spiro atoms. The normalized spacial score (nSPS) is 17.4. The molecule has 9 nitrogen and oxygen atoms in total. The summed E-state index contributed by atoms with van der Waals surface area (Å²) in [6.45, 7) is 4.75. The third kappa shape index (κ3) is 3.49. The van der Waals surface area contributed by atoms with E-state index in [0.29, 0.717) is 18.8 Å². The van der Waals surface area contributed by atoms with Crippen LogP contribution in [-0.4, -0.2) is 58.2 Å². The molecule has 9 heteroatoms. The molecule has 1 aliphatic rings. The van der Waals surface area contributed by atoms with Gasteiger partial charge in [-0.25, -0.2) is 0 Å². The summed E-state index contributed by atoms with van der Waals surface area (Å²) in [5, 5.41) is 17.3. The van der Waals surface area contributed by atoms with Crippen LogP contribution in [0.4, 0.5) is 0 Å². The van der Waals surface area contributed by atoms with E-state index in [0.717, 1.165) is 37.6 Å². The van der Waals surface area contributed by atoms with Gasteiger partial charge in [0.1, 0.15) is 18.1 Å². The molecule has 0 unspecified atom stereocenters. The van der Waals surface area contributed by atoms with Crippen LogP contribution in [0, 0.1) is 0 Å². The van der Waals surface area contributed by atoms with Crippen molar-refractivity contribution in [2.24, 2.45) is 7.05 Å². The Hall–Kier alpha value is -2.97. The lowest BCUT2D eigenvalue weighted by molar-refractivity contribution is 0.0696. The highest BCUT2D eigenvalue weighted by molar-refractivity contribution is 5.92. The van der Waals surface area contributed by atoms with Crippen molar-refractivity contribution >= 4 is 5.91 Å². The van der Waals surface area contributed by atoms with Crippen molar-refractivity contribution in [2.45, 2.75) is 38.8 Å². The first kappa shape index (κ1) is 17.4. The van der Waals surface area contributed by atoms with E-state index in [1.54, 1.807) is 16.9 Å². The van der Waals surface area contributed by atoms with Crippen molar-refractivity contribution in [3.8, 4) is 0 Å². The SMILES string of the molecule is CCn1ccc(C(=O)N2CCC[C@H](c3nnc(Cn4cccn4)n3C)C2)n1. The average molecular weight is 368 g/mol. The predicted molar refractivity (Wildman–Crippen MR) is 98.1 cm³/mol. The van der Waals surface area contributed by atoms with E-state index in [1.807, 2.05) is 46.6 Å². The van der Waals surface area contributed by atoms with E-state index >= 15 is 0 Å². The van der Waals surface area contributed by atoms with Crippen LogP contribution in [0.25, 0.3) is 0 Å². The fraction of sp³-hybridized carbons (Fsp3) is 0.500. The van der Waals surface area contributed by atoms with Gasteiger partial charge in [-0.15, -0.1) is 10.2 Å². The van der Waals surface area contributed by atoms with Gasteiger partial charge in [0.2, 0.25) is 0 Å². The number of carbonyl (C=O) groups excluding carboxylic acids is 1. The molecule has 142 valence electrons. The molecule has 0 aromatic carbocycles. The minimum absolute atomic E-state index is 0.00849. The third-order valence-electron chi connectivity index (χ3n) is 5.12. The summed E-state index contributed by atoms with van der Waals surface area (Å²) < 4.78 is 5.64. The predicted octanol–water partition coefficient (Wildman–Crippen LogP) is 1.30. The zero-order valence-electron chi connectivity index (χ0n) is 15.7. The number of hydrogen-bond acceptors (Lipinski definition) is 5. The van der Waals surface area contributed by atoms with Gasteiger partial charge in [0, 0.05) is 51.2 Å². The van der Waals surface area contributed by atoms with Gasteiger partial charge in [0.25, 0.3) is 5.91 Å². The molecule has 0 saturated carbocycles. The maximum atomic E-state index is 12.8. The van der Waals surface area contributed by atoms with E-state index in [1.165, 1.54) is 0 Å². The fourth-order valence-electron chi connectivity index (χ4n) is 3.59. The fourth-order valence-corrected chi connectivity index (χ4v) is 3.59. The van der Waals surface area contributed by atoms with E-state index in [-0.39, 0.29) is 11.8 Å². The van der Waals surface area contributed by atoms with Crippen LogP contribution in [0.3, 0.4) is 0 Å². The Balaban J connectivity index is 1.48. The number of amides is 1. The number of aryl methyl sites for hydroxylation is 1. The van der Waals surface area contributed by atoms with Gasteiger partial charge in [-0.05, 0) is 31.9 Å². The summed E-state index contributed by atoms with van der Waals surface area (Å²) in [7, 11) is 1.98. The van der Waals surface area contributed by atoms with Crippen LogP contribution < -0.4 is 0 Å². The lowest BCUT2D eigenvalue weighted by atomic mass is 9.97. The van der Waals surface area contributed by atoms with Gasteiger partial charge in [-0.3, -0.25) is 14.2 Å². The van der Waals surface area contributed by atoms with Crippen molar-refractivity contribution in [3.63, 3.8) is 0 Å². The highest BCUT2D eigenvalue weighted by Crippen LogP contribution is 2.26. The van der Waals surface area contributed by atoms with Crippen molar-refractivity contribution in [2.75, 3.05) is 13.1 Å². The molecule has 3 aromatic rings. The number of hydrogen-bond donors (Lipinski definition) is 0. The Labute approximate surface area is 157 Å². The molecule has 0 N–H and O–H groups in total. The largest absolute Gasteiger partial charge is 0.337 e. The Morgan fingerprint density at radius 1 is 1.26 bits per heavy atom. The molecule has 1 fully saturated rings. The standard InChI is InChI=1S/C18H24N8O/c1-3-25-11-7-15(22-25)18(27)24-9-4-6-14(12-24)17-21-20-16(23(17)2)13-26-10-5-8-19-26/h5,7-8,10-11,14H,3-4,6,9,12-13H2,1-2H3/t14-/m0/s1. The van der Waals surface area contributed by atoms with Crippen LogP contribution in [0.1, 0.15) is 47.8 Å². The molecule has 0 bridgehead atoms. The Bertz CT molecular complexity index is 910. The van der Waals surface area contributed by atoms with Gasteiger partial charge >= 0.3 is 0 Å². The number of carbonyl (C=O) groups is 1. The zero-order valence-corrected chi connectivity index (χ0v) is 15.7. The van der Waals surface area contributed by atoms with Crippen molar-refractivity contribution < 1.29 is 4.79 Å². The Morgan fingerprint density at radius 2 is 2.15 bits per heavy atom. The summed E-state index contributed by atoms with van der Waals surface area (Å²) in [4.78, 5) is 14.7. The minimum Gasteiger partial charge on any atom is -0.337 e. The Morgan fingerprint density at radius 3 is 2.89 bits per heavy atom. The summed E-state index contributed by atoms with van der Waals surface area (Å²) in [5.41, 5.74) is 0.509. The maximum absolute atomic E-state index is 12.8. The minimum atomic E-state index is -0.00849. The van der Waals surface area contributed by atoms with Crippen LogP contribution >= 0.6 is 0 Å². The van der Waals surface area contributed by atoms with Gasteiger partial charge in [0.15, 0.2) is 5.82 Å². The first-order valence-electron chi connectivity index (χ1n) is 9.34. The second-order valence-corrected chi connectivity index (χ2v) is 6.88. The van der Waals surface area contributed by atoms with E-state index in [9.17, 15) is 4.79 Å². The van der Waals surface area contributed by atoms with E-state index < -0.39 is 0 Å². The van der Waals surface area contributed by atoms with Gasteiger partial charge in [-0.1, -0.05) is 0 Å². The lowest BCUT2D eigenvalue weighted by Crippen LogP contribution is -2.40. The molecule has 1 amide bonds. The van der Waals surface area contributed by atoms with Crippen LogP contribution in [0.2, 0.25) is 0 Å².